The first-order chi connectivity index (χ1) is 13.9. The number of anilines is 1. The van der Waals surface area contributed by atoms with Crippen molar-refractivity contribution in [3.63, 3.8) is 0 Å². The van der Waals surface area contributed by atoms with Gasteiger partial charge >= 0.3 is 0 Å². The molecule has 0 radical (unpaired) electrons. The molecule has 1 saturated heterocycles. The van der Waals surface area contributed by atoms with E-state index in [0.29, 0.717) is 29.9 Å². The van der Waals surface area contributed by atoms with Crippen LogP contribution in [0.25, 0.3) is 0 Å². The van der Waals surface area contributed by atoms with Crippen molar-refractivity contribution in [2.75, 3.05) is 18.4 Å². The highest BCUT2D eigenvalue weighted by Gasteiger charge is 2.29. The number of carbonyl (C=O) groups is 3. The Morgan fingerprint density at radius 1 is 0.966 bits per heavy atom. The predicted octanol–water partition coefficient (Wildman–Crippen LogP) is 3.32. The quantitative estimate of drug-likeness (QED) is 0.818. The van der Waals surface area contributed by atoms with Crippen LogP contribution in [-0.2, 0) is 4.79 Å². The zero-order chi connectivity index (χ0) is 20.8. The number of nitrogens with zero attached hydrogens (tertiary/aromatic N) is 1. The van der Waals surface area contributed by atoms with Gasteiger partial charge in [-0.1, -0.05) is 18.2 Å². The molecule has 1 aliphatic rings. The monoisotopic (exact) mass is 393 g/mol. The van der Waals surface area contributed by atoms with Crippen molar-refractivity contribution in [2.24, 2.45) is 5.92 Å². The maximum absolute atomic E-state index is 12.9. The third kappa shape index (κ3) is 5.44. The maximum atomic E-state index is 12.9. The molecule has 3 rings (SSSR count). The van der Waals surface area contributed by atoms with E-state index in [9.17, 15) is 14.4 Å². The highest BCUT2D eigenvalue weighted by molar-refractivity contribution is 6.04. The van der Waals surface area contributed by atoms with E-state index in [4.69, 9.17) is 0 Å². The minimum Gasteiger partial charge on any atom is -0.354 e. The molecular weight excluding hydrogens is 366 g/mol. The Balaban J connectivity index is 1.61. The van der Waals surface area contributed by atoms with Crippen molar-refractivity contribution in [1.82, 2.24) is 10.2 Å². The first-order valence-corrected chi connectivity index (χ1v) is 10.00. The molecule has 0 unspecified atom stereocenters. The maximum Gasteiger partial charge on any atom is 0.255 e. The van der Waals surface area contributed by atoms with E-state index in [1.54, 1.807) is 41.3 Å². The van der Waals surface area contributed by atoms with Crippen molar-refractivity contribution >= 4 is 23.4 Å². The van der Waals surface area contributed by atoms with Crippen LogP contribution in [0.2, 0.25) is 0 Å². The Morgan fingerprint density at radius 3 is 2.31 bits per heavy atom. The summed E-state index contributed by atoms with van der Waals surface area (Å²) in [5, 5.41) is 5.76. The normalized spacial score (nSPS) is 16.4. The van der Waals surface area contributed by atoms with Crippen molar-refractivity contribution in [3.8, 4) is 0 Å². The minimum atomic E-state index is -0.195. The Morgan fingerprint density at radius 2 is 1.66 bits per heavy atom. The van der Waals surface area contributed by atoms with Gasteiger partial charge in [-0.2, -0.15) is 0 Å². The van der Waals surface area contributed by atoms with Crippen molar-refractivity contribution in [2.45, 2.75) is 32.7 Å². The average Bonchev–Trinajstić information content (AvgIpc) is 2.74. The van der Waals surface area contributed by atoms with Crippen LogP contribution in [0.1, 0.15) is 47.4 Å². The van der Waals surface area contributed by atoms with E-state index in [-0.39, 0.29) is 29.7 Å². The summed E-state index contributed by atoms with van der Waals surface area (Å²) in [6.45, 7) is 4.95. The summed E-state index contributed by atoms with van der Waals surface area (Å²) in [5.74, 6) is -0.441. The molecule has 1 atom stereocenters. The van der Waals surface area contributed by atoms with Gasteiger partial charge in [-0.15, -0.1) is 0 Å². The number of hydrogen-bond donors (Lipinski definition) is 2. The molecule has 2 N–H and O–H groups in total. The molecule has 152 valence electrons. The van der Waals surface area contributed by atoms with Crippen LogP contribution in [0.5, 0.6) is 0 Å². The third-order valence-corrected chi connectivity index (χ3v) is 4.94. The van der Waals surface area contributed by atoms with E-state index in [2.05, 4.69) is 10.6 Å². The molecule has 0 spiro atoms. The van der Waals surface area contributed by atoms with Crippen LogP contribution in [0.4, 0.5) is 5.69 Å². The number of hydrogen-bond acceptors (Lipinski definition) is 3. The molecule has 1 aliphatic heterocycles. The molecule has 6 heteroatoms. The second kappa shape index (κ2) is 9.37. The molecule has 6 nitrogen and oxygen atoms in total. The van der Waals surface area contributed by atoms with Gasteiger partial charge in [-0.05, 0) is 63.1 Å². The van der Waals surface area contributed by atoms with Crippen molar-refractivity contribution in [3.05, 3.63) is 65.7 Å². The van der Waals surface area contributed by atoms with Gasteiger partial charge in [0.05, 0.1) is 5.92 Å². The first kappa shape index (κ1) is 20.6. The van der Waals surface area contributed by atoms with Crippen LogP contribution < -0.4 is 10.6 Å². The summed E-state index contributed by atoms with van der Waals surface area (Å²) in [6, 6.07) is 15.9. The molecule has 2 aromatic rings. The molecule has 1 heterocycles. The minimum absolute atomic E-state index is 0.0106. The highest BCUT2D eigenvalue weighted by Crippen LogP contribution is 2.20. The van der Waals surface area contributed by atoms with Crippen LogP contribution >= 0.6 is 0 Å². The third-order valence-electron chi connectivity index (χ3n) is 4.94. The van der Waals surface area contributed by atoms with Crippen LogP contribution in [0, 0.1) is 5.92 Å². The van der Waals surface area contributed by atoms with Gasteiger partial charge in [0.1, 0.15) is 0 Å². The first-order valence-electron chi connectivity index (χ1n) is 10.00. The van der Waals surface area contributed by atoms with E-state index in [1.807, 2.05) is 32.0 Å². The summed E-state index contributed by atoms with van der Waals surface area (Å²) in [4.78, 5) is 39.1. The second-order valence-corrected chi connectivity index (χ2v) is 7.65. The molecule has 29 heavy (non-hydrogen) atoms. The predicted molar refractivity (Wildman–Crippen MR) is 113 cm³/mol. The standard InChI is InChI=1S/C23H27N3O3/c1-16(2)24-22(28)19-9-6-14-26(15-19)23(29)18-10-12-20(13-11-18)25-21(27)17-7-4-3-5-8-17/h3-5,7-8,10-13,16,19H,6,9,14-15H2,1-2H3,(H,24,28)(H,25,27)/t19-/m0/s1. The molecule has 2 aromatic carbocycles. The number of piperidine rings is 1. The topological polar surface area (TPSA) is 78.5 Å². The summed E-state index contributed by atoms with van der Waals surface area (Å²) in [5.41, 5.74) is 1.75. The Kier molecular flexibility index (Phi) is 6.65. The molecule has 0 aliphatic carbocycles. The average molecular weight is 393 g/mol. The number of rotatable bonds is 5. The largest absolute Gasteiger partial charge is 0.354 e. The molecule has 1 fully saturated rings. The summed E-state index contributed by atoms with van der Waals surface area (Å²) < 4.78 is 0. The summed E-state index contributed by atoms with van der Waals surface area (Å²) in [7, 11) is 0. The Labute approximate surface area is 171 Å². The van der Waals surface area contributed by atoms with E-state index < -0.39 is 0 Å². The number of likely N-dealkylation sites (tertiary alicyclic amines) is 1. The van der Waals surface area contributed by atoms with Gasteiger partial charge in [0, 0.05) is 35.9 Å². The van der Waals surface area contributed by atoms with E-state index in [1.165, 1.54) is 0 Å². The van der Waals surface area contributed by atoms with Gasteiger partial charge in [0.2, 0.25) is 5.91 Å². The van der Waals surface area contributed by atoms with Gasteiger partial charge in [-0.3, -0.25) is 14.4 Å². The van der Waals surface area contributed by atoms with Crippen molar-refractivity contribution in [1.29, 1.82) is 0 Å². The van der Waals surface area contributed by atoms with E-state index >= 15 is 0 Å². The molecule has 0 aromatic heterocycles. The lowest BCUT2D eigenvalue weighted by Gasteiger charge is -2.32. The van der Waals surface area contributed by atoms with Crippen molar-refractivity contribution < 1.29 is 14.4 Å². The van der Waals surface area contributed by atoms with Gasteiger partial charge in [0.15, 0.2) is 0 Å². The zero-order valence-corrected chi connectivity index (χ0v) is 16.9. The van der Waals surface area contributed by atoms with Gasteiger partial charge < -0.3 is 15.5 Å². The molecular formula is C23H27N3O3. The number of amides is 3. The summed E-state index contributed by atoms with van der Waals surface area (Å²) in [6.07, 6.45) is 1.61. The lowest BCUT2D eigenvalue weighted by Crippen LogP contribution is -2.46. The fourth-order valence-electron chi connectivity index (χ4n) is 3.45. The number of nitrogens with one attached hydrogen (secondary N) is 2. The molecule has 3 amide bonds. The fraction of sp³-hybridized carbons (Fsp3) is 0.348. The molecule has 0 saturated carbocycles. The van der Waals surface area contributed by atoms with Gasteiger partial charge in [-0.25, -0.2) is 0 Å². The van der Waals surface area contributed by atoms with Crippen LogP contribution in [0.3, 0.4) is 0 Å². The summed E-state index contributed by atoms with van der Waals surface area (Å²) >= 11 is 0. The highest BCUT2D eigenvalue weighted by atomic mass is 16.2. The lowest BCUT2D eigenvalue weighted by atomic mass is 9.96. The Bertz CT molecular complexity index is 863. The van der Waals surface area contributed by atoms with E-state index in [0.717, 1.165) is 12.8 Å². The lowest BCUT2D eigenvalue weighted by molar-refractivity contribution is -0.126. The molecule has 0 bridgehead atoms. The van der Waals surface area contributed by atoms with Crippen LogP contribution in [-0.4, -0.2) is 41.8 Å². The SMILES string of the molecule is CC(C)NC(=O)[C@H]1CCCN(C(=O)c2ccc(NC(=O)c3ccccc3)cc2)C1. The fourth-order valence-corrected chi connectivity index (χ4v) is 3.45. The number of carbonyl (C=O) groups excluding carboxylic acids is 3. The van der Waals surface area contributed by atoms with Crippen LogP contribution in [0.15, 0.2) is 54.6 Å². The van der Waals surface area contributed by atoms with Gasteiger partial charge in [0.25, 0.3) is 11.8 Å². The number of benzene rings is 2. The smallest absolute Gasteiger partial charge is 0.255 e. The second-order valence-electron chi connectivity index (χ2n) is 7.65. The zero-order valence-electron chi connectivity index (χ0n) is 16.9. The Hall–Kier alpha value is -3.15.